The Morgan fingerprint density at radius 3 is 2.22 bits per heavy atom. The van der Waals surface area contributed by atoms with Crippen molar-refractivity contribution in [2.24, 2.45) is 0 Å². The van der Waals surface area contributed by atoms with Gasteiger partial charge in [-0.25, -0.2) is 0 Å². The number of nitriles is 2. The summed E-state index contributed by atoms with van der Waals surface area (Å²) in [6.45, 7) is 5.76. The van der Waals surface area contributed by atoms with Gasteiger partial charge in [0.2, 0.25) is 0 Å². The summed E-state index contributed by atoms with van der Waals surface area (Å²) in [5, 5.41) is 21.7. The van der Waals surface area contributed by atoms with Gasteiger partial charge < -0.3 is 10.1 Å². The quantitative estimate of drug-likeness (QED) is 0.780. The first-order valence-electron chi connectivity index (χ1n) is 9.26. The van der Waals surface area contributed by atoms with Crippen LogP contribution in [-0.2, 0) is 9.53 Å². The zero-order valence-electron chi connectivity index (χ0n) is 16.0. The van der Waals surface area contributed by atoms with Gasteiger partial charge in [-0.3, -0.25) is 4.79 Å². The number of hydrogen-bond donors (Lipinski definition) is 1. The molecule has 0 atom stereocenters. The number of ether oxygens (including phenoxy) is 1. The van der Waals surface area contributed by atoms with Crippen LogP contribution in [0, 0.1) is 36.5 Å². The monoisotopic (exact) mass is 361 g/mol. The third-order valence-electron chi connectivity index (χ3n) is 5.64. The molecule has 27 heavy (non-hydrogen) atoms. The highest BCUT2D eigenvalue weighted by atomic mass is 16.5. The van der Waals surface area contributed by atoms with Crippen molar-refractivity contribution >= 4 is 11.6 Å². The Bertz CT molecular complexity index is 899. The molecule has 1 saturated carbocycles. The second kappa shape index (κ2) is 7.29. The molecule has 1 aliphatic heterocycles. The number of hydrogen-bond acceptors (Lipinski definition) is 4. The Balaban J connectivity index is 2.08. The predicted molar refractivity (Wildman–Crippen MR) is 102 cm³/mol. The molecule has 1 heterocycles. The highest BCUT2D eigenvalue weighted by molar-refractivity contribution is 6.08. The maximum atomic E-state index is 13.2. The molecule has 1 aromatic rings. The molecule has 0 saturated heterocycles. The predicted octanol–water partition coefficient (Wildman–Crippen LogP) is 4.59. The van der Waals surface area contributed by atoms with Crippen molar-refractivity contribution in [2.45, 2.75) is 58.5 Å². The number of rotatable bonds is 2. The maximum absolute atomic E-state index is 13.2. The molecule has 0 bridgehead atoms. The average Bonchev–Trinajstić information content (AvgIpc) is 2.92. The lowest BCUT2D eigenvalue weighted by Gasteiger charge is -2.34. The van der Waals surface area contributed by atoms with E-state index in [2.05, 4.69) is 5.32 Å². The Labute approximate surface area is 159 Å². The highest BCUT2D eigenvalue weighted by Gasteiger charge is 2.47. The number of anilines is 1. The molecule has 1 amide bonds. The molecule has 5 nitrogen and oxygen atoms in total. The molecule has 1 spiro atoms. The first kappa shape index (κ1) is 18.7. The molecule has 1 fully saturated rings. The molecule has 0 radical (unpaired) electrons. The zero-order chi connectivity index (χ0) is 19.6. The molecular weight excluding hydrogens is 338 g/mol. The van der Waals surface area contributed by atoms with E-state index in [1.807, 2.05) is 51.1 Å². The van der Waals surface area contributed by atoms with Crippen LogP contribution in [0.3, 0.4) is 0 Å². The van der Waals surface area contributed by atoms with Gasteiger partial charge in [0.15, 0.2) is 11.3 Å². The zero-order valence-corrected chi connectivity index (χ0v) is 16.0. The van der Waals surface area contributed by atoms with E-state index in [-0.39, 0.29) is 17.2 Å². The SMILES string of the molecule is CC1=C(C(=O)Nc2c(C)cccc2C)C(=C(C#N)C#N)OC12CCCCC2. The fourth-order valence-electron chi connectivity index (χ4n) is 4.08. The van der Waals surface area contributed by atoms with E-state index in [0.717, 1.165) is 54.5 Å². The lowest BCUT2D eigenvalue weighted by atomic mass is 9.79. The number of allylic oxidation sites excluding steroid dienone is 1. The molecule has 1 aliphatic carbocycles. The van der Waals surface area contributed by atoms with Gasteiger partial charge in [0.1, 0.15) is 17.7 Å². The topological polar surface area (TPSA) is 85.9 Å². The third-order valence-corrected chi connectivity index (χ3v) is 5.64. The van der Waals surface area contributed by atoms with Crippen molar-refractivity contribution < 1.29 is 9.53 Å². The van der Waals surface area contributed by atoms with Crippen molar-refractivity contribution in [1.29, 1.82) is 10.5 Å². The molecular formula is C22H23N3O2. The molecule has 138 valence electrons. The van der Waals surface area contributed by atoms with Gasteiger partial charge in [-0.1, -0.05) is 24.6 Å². The number of nitrogens with one attached hydrogen (secondary N) is 1. The van der Waals surface area contributed by atoms with Crippen LogP contribution in [0.15, 0.2) is 40.7 Å². The second-order valence-corrected chi connectivity index (χ2v) is 7.31. The van der Waals surface area contributed by atoms with Gasteiger partial charge in [-0.15, -0.1) is 0 Å². The summed E-state index contributed by atoms with van der Waals surface area (Å²) in [7, 11) is 0. The normalized spacial score (nSPS) is 17.9. The second-order valence-electron chi connectivity index (χ2n) is 7.31. The molecule has 1 aromatic carbocycles. The minimum Gasteiger partial charge on any atom is -0.480 e. The number of carbonyl (C=O) groups is 1. The summed E-state index contributed by atoms with van der Waals surface area (Å²) in [6.07, 6.45) is 4.74. The summed E-state index contributed by atoms with van der Waals surface area (Å²) in [5.41, 5.74) is 3.10. The molecule has 1 N–H and O–H groups in total. The molecule has 3 rings (SSSR count). The van der Waals surface area contributed by atoms with E-state index in [1.54, 1.807) is 0 Å². The Morgan fingerprint density at radius 2 is 1.67 bits per heavy atom. The molecule has 5 heteroatoms. The van der Waals surface area contributed by atoms with Crippen molar-refractivity contribution in [3.8, 4) is 12.1 Å². The van der Waals surface area contributed by atoms with Crippen molar-refractivity contribution in [1.82, 2.24) is 0 Å². The van der Waals surface area contributed by atoms with E-state index in [1.165, 1.54) is 0 Å². The third kappa shape index (κ3) is 3.22. The fourth-order valence-corrected chi connectivity index (χ4v) is 4.08. The largest absolute Gasteiger partial charge is 0.480 e. The van der Waals surface area contributed by atoms with Crippen molar-refractivity contribution in [3.63, 3.8) is 0 Å². The Morgan fingerprint density at radius 1 is 1.07 bits per heavy atom. The van der Waals surface area contributed by atoms with E-state index >= 15 is 0 Å². The minimum atomic E-state index is -0.569. The van der Waals surface area contributed by atoms with Crippen LogP contribution in [0.5, 0.6) is 0 Å². The molecule has 0 unspecified atom stereocenters. The van der Waals surface area contributed by atoms with Gasteiger partial charge >= 0.3 is 0 Å². The average molecular weight is 361 g/mol. The van der Waals surface area contributed by atoms with Crippen molar-refractivity contribution in [3.05, 3.63) is 51.8 Å². The molecule has 2 aliphatic rings. The van der Waals surface area contributed by atoms with Crippen LogP contribution in [-0.4, -0.2) is 11.5 Å². The number of amides is 1. The summed E-state index contributed by atoms with van der Waals surface area (Å²) in [5.74, 6) is -0.200. The smallest absolute Gasteiger partial charge is 0.259 e. The summed E-state index contributed by atoms with van der Waals surface area (Å²) in [6, 6.07) is 9.58. The summed E-state index contributed by atoms with van der Waals surface area (Å²) < 4.78 is 6.18. The number of benzene rings is 1. The van der Waals surface area contributed by atoms with Gasteiger partial charge in [0.25, 0.3) is 5.91 Å². The first-order chi connectivity index (χ1) is 12.9. The van der Waals surface area contributed by atoms with E-state index in [0.29, 0.717) is 5.57 Å². The van der Waals surface area contributed by atoms with Crippen LogP contribution < -0.4 is 5.32 Å². The van der Waals surface area contributed by atoms with Crippen LogP contribution in [0.1, 0.15) is 50.2 Å². The van der Waals surface area contributed by atoms with Gasteiger partial charge in [0, 0.05) is 5.69 Å². The maximum Gasteiger partial charge on any atom is 0.259 e. The lowest BCUT2D eigenvalue weighted by molar-refractivity contribution is -0.112. The van der Waals surface area contributed by atoms with E-state index in [4.69, 9.17) is 4.74 Å². The van der Waals surface area contributed by atoms with Gasteiger partial charge in [-0.05, 0) is 63.2 Å². The van der Waals surface area contributed by atoms with E-state index < -0.39 is 5.60 Å². The number of nitrogens with zero attached hydrogens (tertiary/aromatic N) is 2. The number of aryl methyl sites for hydroxylation is 2. The summed E-state index contributed by atoms with van der Waals surface area (Å²) in [4.78, 5) is 13.2. The molecule has 0 aromatic heterocycles. The minimum absolute atomic E-state index is 0.128. The Hall–Kier alpha value is -3.05. The first-order valence-corrected chi connectivity index (χ1v) is 9.26. The number of para-hydroxylation sites is 1. The highest BCUT2D eigenvalue weighted by Crippen LogP contribution is 2.48. The van der Waals surface area contributed by atoms with Gasteiger partial charge in [-0.2, -0.15) is 10.5 Å². The summed E-state index contributed by atoms with van der Waals surface area (Å²) >= 11 is 0. The van der Waals surface area contributed by atoms with Gasteiger partial charge in [0.05, 0.1) is 5.57 Å². The van der Waals surface area contributed by atoms with Crippen molar-refractivity contribution in [2.75, 3.05) is 5.32 Å². The lowest BCUT2D eigenvalue weighted by Crippen LogP contribution is -2.32. The number of carbonyl (C=O) groups excluding carboxylic acids is 1. The van der Waals surface area contributed by atoms with Crippen LogP contribution in [0.4, 0.5) is 5.69 Å². The van der Waals surface area contributed by atoms with Crippen LogP contribution in [0.2, 0.25) is 0 Å². The van der Waals surface area contributed by atoms with Crippen LogP contribution >= 0.6 is 0 Å². The van der Waals surface area contributed by atoms with Crippen LogP contribution in [0.25, 0.3) is 0 Å². The van der Waals surface area contributed by atoms with E-state index in [9.17, 15) is 15.3 Å². The standard InChI is InChI=1S/C22H23N3O2/c1-14-8-7-9-15(2)19(14)25-21(26)18-16(3)22(10-5-4-6-11-22)27-20(18)17(12-23)13-24/h7-9H,4-6,10-11H2,1-3H3,(H,25,26). The fraction of sp³-hybridized carbons (Fsp3) is 0.409. The Kier molecular flexibility index (Phi) is 5.06.